The van der Waals surface area contributed by atoms with Crippen molar-refractivity contribution in [3.8, 4) is 0 Å². The Balaban J connectivity index is 1.96. The van der Waals surface area contributed by atoms with E-state index < -0.39 is 23.8 Å². The summed E-state index contributed by atoms with van der Waals surface area (Å²) in [6, 6.07) is 2.23. The number of amides is 2. The molecule has 2 amide bonds. The Labute approximate surface area is 184 Å². The van der Waals surface area contributed by atoms with Crippen LogP contribution < -0.4 is 10.6 Å². The second-order valence-electron chi connectivity index (χ2n) is 8.83. The van der Waals surface area contributed by atoms with Crippen LogP contribution >= 0.6 is 0 Å². The Morgan fingerprint density at radius 1 is 1.13 bits per heavy atom. The molecule has 1 aromatic carbocycles. The molecule has 1 aliphatic carbocycles. The van der Waals surface area contributed by atoms with Gasteiger partial charge in [0.25, 0.3) is 0 Å². The summed E-state index contributed by atoms with van der Waals surface area (Å²) < 4.78 is 27.1. The molecule has 0 aromatic heterocycles. The molecule has 1 saturated carbocycles. The number of aliphatic hydroxyl groups is 1. The van der Waals surface area contributed by atoms with Gasteiger partial charge in [0.05, 0.1) is 12.1 Å². The molecule has 0 spiro atoms. The standard InChI is InChI=1S/C24H36F2N2O3/c1-3-6-21(28-24(31)10-9-17-7-4-5-8-17)15-23(30)22(27-16(2)29)13-18-11-19(25)14-20(26)12-18/h11-12,14,17,21-23,30H,3-10,13,15H2,1-2H3,(H,27,29)(H,28,31)/t21?,22-,23-/m0/s1. The average molecular weight is 439 g/mol. The van der Waals surface area contributed by atoms with E-state index in [-0.39, 0.29) is 30.7 Å². The molecular weight excluding hydrogens is 402 g/mol. The third-order valence-electron chi connectivity index (χ3n) is 6.01. The summed E-state index contributed by atoms with van der Waals surface area (Å²) in [6.45, 7) is 3.34. The maximum absolute atomic E-state index is 13.5. The molecule has 31 heavy (non-hydrogen) atoms. The Morgan fingerprint density at radius 2 is 1.77 bits per heavy atom. The first kappa shape index (κ1) is 25.2. The van der Waals surface area contributed by atoms with Crippen LogP contribution in [0.3, 0.4) is 0 Å². The van der Waals surface area contributed by atoms with Gasteiger partial charge in [-0.1, -0.05) is 39.0 Å². The van der Waals surface area contributed by atoms with Crippen molar-refractivity contribution in [1.82, 2.24) is 10.6 Å². The molecular formula is C24H36F2N2O3. The molecule has 1 fully saturated rings. The summed E-state index contributed by atoms with van der Waals surface area (Å²) >= 11 is 0. The van der Waals surface area contributed by atoms with Crippen molar-refractivity contribution in [3.63, 3.8) is 0 Å². The molecule has 0 bridgehead atoms. The van der Waals surface area contributed by atoms with E-state index in [9.17, 15) is 23.5 Å². The highest BCUT2D eigenvalue weighted by Gasteiger charge is 2.25. The van der Waals surface area contributed by atoms with Crippen LogP contribution in [0, 0.1) is 17.6 Å². The van der Waals surface area contributed by atoms with Crippen LogP contribution in [-0.4, -0.2) is 35.1 Å². The van der Waals surface area contributed by atoms with Crippen LogP contribution in [0.4, 0.5) is 8.78 Å². The van der Waals surface area contributed by atoms with Crippen molar-refractivity contribution >= 4 is 11.8 Å². The van der Waals surface area contributed by atoms with Gasteiger partial charge in [-0.25, -0.2) is 8.78 Å². The van der Waals surface area contributed by atoms with Crippen molar-refractivity contribution in [2.75, 3.05) is 0 Å². The van der Waals surface area contributed by atoms with Gasteiger partial charge in [0, 0.05) is 25.5 Å². The van der Waals surface area contributed by atoms with E-state index in [4.69, 9.17) is 0 Å². The molecule has 3 N–H and O–H groups in total. The van der Waals surface area contributed by atoms with Gasteiger partial charge in [0.15, 0.2) is 0 Å². The van der Waals surface area contributed by atoms with E-state index in [2.05, 4.69) is 10.6 Å². The summed E-state index contributed by atoms with van der Waals surface area (Å²) in [6.07, 6.45) is 7.18. The summed E-state index contributed by atoms with van der Waals surface area (Å²) in [5.41, 5.74) is 0.350. The number of carbonyl (C=O) groups excluding carboxylic acids is 2. The zero-order chi connectivity index (χ0) is 22.8. The van der Waals surface area contributed by atoms with E-state index in [1.165, 1.54) is 44.7 Å². The average Bonchev–Trinajstić information content (AvgIpc) is 3.18. The number of hydrogen-bond acceptors (Lipinski definition) is 3. The van der Waals surface area contributed by atoms with Crippen molar-refractivity contribution in [3.05, 3.63) is 35.4 Å². The molecule has 3 atom stereocenters. The molecule has 1 aliphatic rings. The minimum Gasteiger partial charge on any atom is -0.391 e. The lowest BCUT2D eigenvalue weighted by atomic mass is 9.94. The molecule has 1 unspecified atom stereocenters. The minimum atomic E-state index is -0.970. The number of rotatable bonds is 12. The Kier molecular flexibility index (Phi) is 10.4. The quantitative estimate of drug-likeness (QED) is 0.461. The molecule has 7 heteroatoms. The van der Waals surface area contributed by atoms with Gasteiger partial charge in [-0.15, -0.1) is 0 Å². The van der Waals surface area contributed by atoms with Crippen LogP contribution in [0.25, 0.3) is 0 Å². The van der Waals surface area contributed by atoms with Crippen LogP contribution in [0.2, 0.25) is 0 Å². The smallest absolute Gasteiger partial charge is 0.220 e. The molecule has 0 saturated heterocycles. The lowest BCUT2D eigenvalue weighted by Crippen LogP contribution is -2.47. The molecule has 0 heterocycles. The SMILES string of the molecule is CCCC(C[C@H](O)[C@H](Cc1cc(F)cc(F)c1)NC(C)=O)NC(=O)CCC1CCCC1. The van der Waals surface area contributed by atoms with E-state index >= 15 is 0 Å². The number of hydrogen-bond donors (Lipinski definition) is 3. The van der Waals surface area contributed by atoms with Gasteiger partial charge >= 0.3 is 0 Å². The summed E-state index contributed by atoms with van der Waals surface area (Å²) in [4.78, 5) is 24.1. The van der Waals surface area contributed by atoms with Crippen LogP contribution in [0.1, 0.15) is 77.2 Å². The molecule has 174 valence electrons. The van der Waals surface area contributed by atoms with E-state index in [0.717, 1.165) is 18.9 Å². The highest BCUT2D eigenvalue weighted by atomic mass is 19.1. The lowest BCUT2D eigenvalue weighted by Gasteiger charge is -2.28. The summed E-state index contributed by atoms with van der Waals surface area (Å²) in [5, 5.41) is 16.5. The maximum Gasteiger partial charge on any atom is 0.220 e. The highest BCUT2D eigenvalue weighted by Crippen LogP contribution is 2.28. The van der Waals surface area contributed by atoms with E-state index in [0.29, 0.717) is 24.3 Å². The summed E-state index contributed by atoms with van der Waals surface area (Å²) in [7, 11) is 0. The predicted octanol–water partition coefficient (Wildman–Crippen LogP) is 4.02. The number of carbonyl (C=O) groups is 2. The number of halogens is 2. The third kappa shape index (κ3) is 9.33. The van der Waals surface area contributed by atoms with Gasteiger partial charge in [-0.2, -0.15) is 0 Å². The van der Waals surface area contributed by atoms with Crippen LogP contribution in [-0.2, 0) is 16.0 Å². The lowest BCUT2D eigenvalue weighted by molar-refractivity contribution is -0.123. The van der Waals surface area contributed by atoms with E-state index in [1.807, 2.05) is 6.92 Å². The normalized spacial score (nSPS) is 17.2. The van der Waals surface area contributed by atoms with Gasteiger partial charge in [-0.05, 0) is 49.3 Å². The second kappa shape index (κ2) is 12.7. The molecule has 1 aromatic rings. The number of nitrogens with one attached hydrogen (secondary N) is 2. The first-order chi connectivity index (χ1) is 14.8. The van der Waals surface area contributed by atoms with Gasteiger partial charge in [0.2, 0.25) is 11.8 Å². The Bertz CT molecular complexity index is 703. The first-order valence-electron chi connectivity index (χ1n) is 11.5. The predicted molar refractivity (Wildman–Crippen MR) is 116 cm³/mol. The topological polar surface area (TPSA) is 78.4 Å². The maximum atomic E-state index is 13.5. The fourth-order valence-electron chi connectivity index (χ4n) is 4.51. The van der Waals surface area contributed by atoms with Gasteiger partial charge in [0.1, 0.15) is 11.6 Å². The fraction of sp³-hybridized carbons (Fsp3) is 0.667. The zero-order valence-electron chi connectivity index (χ0n) is 18.6. The molecule has 5 nitrogen and oxygen atoms in total. The molecule has 0 radical (unpaired) electrons. The van der Waals surface area contributed by atoms with Crippen LogP contribution in [0.15, 0.2) is 18.2 Å². The highest BCUT2D eigenvalue weighted by molar-refractivity contribution is 5.76. The van der Waals surface area contributed by atoms with Crippen LogP contribution in [0.5, 0.6) is 0 Å². The summed E-state index contributed by atoms with van der Waals surface area (Å²) in [5.74, 6) is -1.12. The number of aliphatic hydroxyl groups excluding tert-OH is 1. The zero-order valence-corrected chi connectivity index (χ0v) is 18.6. The minimum absolute atomic E-state index is 0.0131. The Morgan fingerprint density at radius 3 is 2.35 bits per heavy atom. The Hall–Kier alpha value is -2.02. The van der Waals surface area contributed by atoms with Crippen molar-refractivity contribution in [2.24, 2.45) is 5.92 Å². The van der Waals surface area contributed by atoms with E-state index in [1.54, 1.807) is 0 Å². The van der Waals surface area contributed by atoms with Crippen molar-refractivity contribution < 1.29 is 23.5 Å². The van der Waals surface area contributed by atoms with Crippen molar-refractivity contribution in [2.45, 2.75) is 96.2 Å². The first-order valence-corrected chi connectivity index (χ1v) is 11.5. The third-order valence-corrected chi connectivity index (χ3v) is 6.01. The van der Waals surface area contributed by atoms with Crippen molar-refractivity contribution in [1.29, 1.82) is 0 Å². The second-order valence-corrected chi connectivity index (χ2v) is 8.83. The molecule has 2 rings (SSSR count). The largest absolute Gasteiger partial charge is 0.391 e. The fourth-order valence-corrected chi connectivity index (χ4v) is 4.51. The monoisotopic (exact) mass is 438 g/mol. The number of benzene rings is 1. The van der Waals surface area contributed by atoms with Gasteiger partial charge < -0.3 is 15.7 Å². The molecule has 0 aliphatic heterocycles. The van der Waals surface area contributed by atoms with Gasteiger partial charge in [-0.3, -0.25) is 9.59 Å².